The van der Waals surface area contributed by atoms with E-state index in [1.165, 1.54) is 0 Å². The summed E-state index contributed by atoms with van der Waals surface area (Å²) in [5.41, 5.74) is 3.73. The van der Waals surface area contributed by atoms with Crippen LogP contribution in [0.4, 0.5) is 0 Å². The van der Waals surface area contributed by atoms with Gasteiger partial charge in [0.2, 0.25) is 5.89 Å². The first-order valence-corrected chi connectivity index (χ1v) is 9.83. The van der Waals surface area contributed by atoms with E-state index in [-0.39, 0.29) is 0 Å². The molecule has 0 saturated carbocycles. The summed E-state index contributed by atoms with van der Waals surface area (Å²) in [6.07, 6.45) is 5.44. The van der Waals surface area contributed by atoms with E-state index >= 15 is 0 Å². The lowest BCUT2D eigenvalue weighted by Crippen LogP contribution is -2.36. The third-order valence-corrected chi connectivity index (χ3v) is 4.67. The number of halogens is 1. The molecule has 0 bridgehead atoms. The fraction of sp³-hybridized carbons (Fsp3) is 0.136. The minimum absolute atomic E-state index is 0.500. The lowest BCUT2D eigenvalue weighted by molar-refractivity contribution is 0.572. The van der Waals surface area contributed by atoms with Crippen molar-refractivity contribution < 1.29 is 4.42 Å². The van der Waals surface area contributed by atoms with Gasteiger partial charge in [-0.1, -0.05) is 29.8 Å². The number of aromatic nitrogens is 3. The van der Waals surface area contributed by atoms with E-state index < -0.39 is 0 Å². The molecule has 2 aromatic carbocycles. The lowest BCUT2D eigenvalue weighted by atomic mass is 10.2. The van der Waals surface area contributed by atoms with Gasteiger partial charge in [-0.15, -0.1) is 0 Å². The summed E-state index contributed by atoms with van der Waals surface area (Å²) < 4.78 is 7.38. The molecule has 152 valence electrons. The predicted molar refractivity (Wildman–Crippen MR) is 118 cm³/mol. The zero-order chi connectivity index (χ0) is 20.8. The Balaban J connectivity index is 1.31. The summed E-state index contributed by atoms with van der Waals surface area (Å²) in [5.74, 6) is 1.27. The molecule has 2 heterocycles. The van der Waals surface area contributed by atoms with Crippen molar-refractivity contribution in [3.63, 3.8) is 0 Å². The Kier molecular flexibility index (Phi) is 6.10. The van der Waals surface area contributed by atoms with Gasteiger partial charge in [0.1, 0.15) is 6.26 Å². The summed E-state index contributed by atoms with van der Waals surface area (Å²) in [6.45, 7) is 1.08. The molecule has 0 radical (unpaired) electrons. The van der Waals surface area contributed by atoms with E-state index in [9.17, 15) is 0 Å². The Labute approximate surface area is 179 Å². The number of nitrogens with zero attached hydrogens (tertiary/aromatic N) is 4. The van der Waals surface area contributed by atoms with Crippen LogP contribution in [-0.4, -0.2) is 27.8 Å². The van der Waals surface area contributed by atoms with Crippen molar-refractivity contribution in [1.82, 2.24) is 25.4 Å². The molecule has 0 saturated heterocycles. The average Bonchev–Trinajstić information content (AvgIpc) is 3.45. The molecule has 8 heteroatoms. The number of oxazole rings is 1. The molecule has 0 atom stereocenters. The first-order valence-electron chi connectivity index (χ1n) is 9.45. The Bertz CT molecular complexity index is 1120. The van der Waals surface area contributed by atoms with E-state index in [4.69, 9.17) is 16.0 Å². The smallest absolute Gasteiger partial charge is 0.226 e. The predicted octanol–water partition coefficient (Wildman–Crippen LogP) is 4.05. The van der Waals surface area contributed by atoms with Gasteiger partial charge in [0.15, 0.2) is 5.96 Å². The van der Waals surface area contributed by atoms with Crippen molar-refractivity contribution >= 4 is 17.6 Å². The van der Waals surface area contributed by atoms with Crippen LogP contribution in [0, 0.1) is 0 Å². The molecule has 2 aromatic heterocycles. The average molecular weight is 421 g/mol. The van der Waals surface area contributed by atoms with Gasteiger partial charge in [-0.05, 0) is 36.4 Å². The van der Waals surface area contributed by atoms with Crippen LogP contribution in [-0.2, 0) is 13.1 Å². The fourth-order valence-corrected chi connectivity index (χ4v) is 2.99. The summed E-state index contributed by atoms with van der Waals surface area (Å²) in [4.78, 5) is 8.77. The van der Waals surface area contributed by atoms with Crippen molar-refractivity contribution in [3.8, 4) is 17.1 Å². The maximum absolute atomic E-state index is 5.94. The zero-order valence-corrected chi connectivity index (χ0v) is 17.2. The number of hydrogen-bond acceptors (Lipinski definition) is 4. The molecule has 30 heavy (non-hydrogen) atoms. The molecule has 0 aliphatic rings. The number of hydrogen-bond donors (Lipinski definition) is 2. The monoisotopic (exact) mass is 420 g/mol. The Morgan fingerprint density at radius 2 is 1.83 bits per heavy atom. The maximum atomic E-state index is 5.94. The summed E-state index contributed by atoms with van der Waals surface area (Å²) >= 11 is 5.94. The maximum Gasteiger partial charge on any atom is 0.226 e. The van der Waals surface area contributed by atoms with Crippen molar-refractivity contribution in [1.29, 1.82) is 0 Å². The van der Waals surface area contributed by atoms with E-state index in [0.29, 0.717) is 30.0 Å². The van der Waals surface area contributed by atoms with Gasteiger partial charge in [0.25, 0.3) is 0 Å². The molecule has 0 aliphatic heterocycles. The number of benzene rings is 2. The number of nitrogens with one attached hydrogen (secondary N) is 2. The summed E-state index contributed by atoms with van der Waals surface area (Å²) in [7, 11) is 1.73. The van der Waals surface area contributed by atoms with Crippen LogP contribution in [0.15, 0.2) is 82.7 Å². The van der Waals surface area contributed by atoms with Gasteiger partial charge >= 0.3 is 0 Å². The van der Waals surface area contributed by atoms with Gasteiger partial charge < -0.3 is 15.1 Å². The highest BCUT2D eigenvalue weighted by atomic mass is 35.5. The van der Waals surface area contributed by atoms with Gasteiger partial charge in [-0.3, -0.25) is 4.99 Å². The second kappa shape index (κ2) is 9.28. The van der Waals surface area contributed by atoms with E-state index in [2.05, 4.69) is 25.7 Å². The zero-order valence-electron chi connectivity index (χ0n) is 16.4. The molecule has 0 spiro atoms. The molecular formula is C22H21ClN6O. The normalized spacial score (nSPS) is 11.5. The molecule has 0 unspecified atom stereocenters. The molecule has 4 rings (SSSR count). The van der Waals surface area contributed by atoms with Gasteiger partial charge in [0.05, 0.1) is 24.1 Å². The van der Waals surface area contributed by atoms with Crippen LogP contribution in [0.5, 0.6) is 0 Å². The van der Waals surface area contributed by atoms with Crippen molar-refractivity contribution in [2.45, 2.75) is 13.1 Å². The number of aliphatic imine (C=N–C) groups is 1. The van der Waals surface area contributed by atoms with Gasteiger partial charge in [0, 0.05) is 35.9 Å². The van der Waals surface area contributed by atoms with Crippen LogP contribution in [0.2, 0.25) is 5.02 Å². The molecule has 0 aliphatic carbocycles. The van der Waals surface area contributed by atoms with Gasteiger partial charge in [-0.25, -0.2) is 9.67 Å². The first-order chi connectivity index (χ1) is 14.7. The number of guanidine groups is 1. The Hall–Kier alpha value is -3.58. The van der Waals surface area contributed by atoms with Crippen LogP contribution < -0.4 is 10.6 Å². The standard InChI is InChI=1S/C22H21ClN6O/c1-24-22(26-13-19-15-30-21(28-19)17-5-3-2-4-6-17)25-11-16-12-27-29(14-16)20-9-7-18(23)8-10-20/h2-10,12,14-15H,11,13H2,1H3,(H2,24,25,26). The highest BCUT2D eigenvalue weighted by Gasteiger charge is 2.07. The Morgan fingerprint density at radius 3 is 2.60 bits per heavy atom. The van der Waals surface area contributed by atoms with Crippen molar-refractivity contribution in [3.05, 3.63) is 89.5 Å². The molecule has 4 aromatic rings. The Morgan fingerprint density at radius 1 is 1.07 bits per heavy atom. The summed E-state index contributed by atoms with van der Waals surface area (Å²) in [5, 5.41) is 11.6. The molecular weight excluding hydrogens is 400 g/mol. The van der Waals surface area contributed by atoms with E-state index in [0.717, 1.165) is 22.5 Å². The topological polar surface area (TPSA) is 80.3 Å². The first kappa shape index (κ1) is 19.7. The minimum atomic E-state index is 0.500. The van der Waals surface area contributed by atoms with Crippen LogP contribution in [0.25, 0.3) is 17.1 Å². The summed E-state index contributed by atoms with van der Waals surface area (Å²) in [6, 6.07) is 17.3. The molecule has 7 nitrogen and oxygen atoms in total. The second-order valence-electron chi connectivity index (χ2n) is 6.56. The van der Waals surface area contributed by atoms with E-state index in [1.54, 1.807) is 13.3 Å². The number of rotatable bonds is 6. The third-order valence-electron chi connectivity index (χ3n) is 4.42. The van der Waals surface area contributed by atoms with Crippen molar-refractivity contribution in [2.75, 3.05) is 7.05 Å². The SMILES string of the molecule is CN=C(NCc1cnn(-c2ccc(Cl)cc2)c1)NCc1coc(-c2ccccc2)n1. The quantitative estimate of drug-likeness (QED) is 0.363. The van der Waals surface area contributed by atoms with Crippen molar-refractivity contribution in [2.24, 2.45) is 4.99 Å². The highest BCUT2D eigenvalue weighted by Crippen LogP contribution is 2.17. The highest BCUT2D eigenvalue weighted by molar-refractivity contribution is 6.30. The van der Waals surface area contributed by atoms with Crippen LogP contribution >= 0.6 is 11.6 Å². The lowest BCUT2D eigenvalue weighted by Gasteiger charge is -2.09. The molecule has 0 amide bonds. The molecule has 2 N–H and O–H groups in total. The van der Waals surface area contributed by atoms with Gasteiger partial charge in [-0.2, -0.15) is 5.10 Å². The fourth-order valence-electron chi connectivity index (χ4n) is 2.87. The minimum Gasteiger partial charge on any atom is -0.444 e. The third kappa shape index (κ3) is 4.87. The van der Waals surface area contributed by atoms with Crippen LogP contribution in [0.3, 0.4) is 0 Å². The van der Waals surface area contributed by atoms with E-state index in [1.807, 2.05) is 71.7 Å². The second-order valence-corrected chi connectivity index (χ2v) is 7.00. The molecule has 0 fully saturated rings. The van der Waals surface area contributed by atoms with Crippen LogP contribution in [0.1, 0.15) is 11.3 Å². The largest absolute Gasteiger partial charge is 0.444 e.